The highest BCUT2D eigenvalue weighted by atomic mass is 16.5. The second-order valence-electron chi connectivity index (χ2n) is 5.79. The molecule has 6 heteroatoms. The summed E-state index contributed by atoms with van der Waals surface area (Å²) in [6.45, 7) is -0.173. The summed E-state index contributed by atoms with van der Waals surface area (Å²) in [4.78, 5) is 29.4. The van der Waals surface area contributed by atoms with Crippen molar-refractivity contribution in [3.8, 4) is 17.0 Å². The Hall–Kier alpha value is -3.54. The number of primary amides is 1. The maximum atomic E-state index is 12.4. The molecule has 6 nitrogen and oxygen atoms in total. The van der Waals surface area contributed by atoms with Gasteiger partial charge in [-0.1, -0.05) is 18.2 Å². The number of aromatic amines is 2. The number of hydrogen-bond acceptors (Lipinski definition) is 3. The van der Waals surface area contributed by atoms with Gasteiger partial charge in [0.15, 0.2) is 6.61 Å². The Balaban J connectivity index is 1.78. The van der Waals surface area contributed by atoms with Crippen LogP contribution in [0.4, 0.5) is 0 Å². The SMILES string of the molecule is NC(=O)COc1ccc2[nH]c(-c3cc4ccccc4[nH]c3=O)cc2c1. The number of carbonyl (C=O) groups is 1. The normalized spacial score (nSPS) is 11.0. The van der Waals surface area contributed by atoms with Crippen molar-refractivity contribution in [1.82, 2.24) is 9.97 Å². The van der Waals surface area contributed by atoms with E-state index >= 15 is 0 Å². The van der Waals surface area contributed by atoms with Crippen molar-refractivity contribution in [3.05, 3.63) is 65.0 Å². The van der Waals surface area contributed by atoms with E-state index in [1.807, 2.05) is 42.5 Å². The monoisotopic (exact) mass is 333 g/mol. The Bertz CT molecular complexity index is 1160. The van der Waals surface area contributed by atoms with Gasteiger partial charge >= 0.3 is 0 Å². The molecule has 25 heavy (non-hydrogen) atoms. The Morgan fingerprint density at radius 3 is 2.60 bits per heavy atom. The molecule has 0 saturated heterocycles. The fourth-order valence-corrected chi connectivity index (χ4v) is 2.85. The van der Waals surface area contributed by atoms with E-state index in [2.05, 4.69) is 9.97 Å². The molecule has 0 spiro atoms. The van der Waals surface area contributed by atoms with Crippen LogP contribution in [0.15, 0.2) is 59.4 Å². The Labute approximate surface area is 142 Å². The quantitative estimate of drug-likeness (QED) is 0.535. The lowest BCUT2D eigenvalue weighted by molar-refractivity contribution is -0.119. The standard InChI is InChI=1S/C19H15N3O3/c20-18(23)10-25-13-5-6-16-12(7-13)9-17(21-16)14-8-11-3-1-2-4-15(11)22-19(14)24/h1-9,21H,10H2,(H2,20,23)(H,22,24). The number of hydrogen-bond donors (Lipinski definition) is 3. The first-order chi connectivity index (χ1) is 12.1. The van der Waals surface area contributed by atoms with E-state index in [0.717, 1.165) is 21.8 Å². The van der Waals surface area contributed by atoms with E-state index in [9.17, 15) is 9.59 Å². The van der Waals surface area contributed by atoms with Gasteiger partial charge in [0, 0.05) is 16.4 Å². The molecule has 2 aromatic carbocycles. The molecule has 0 unspecified atom stereocenters. The van der Waals surface area contributed by atoms with Crippen LogP contribution in [0, 0.1) is 0 Å². The Kier molecular flexibility index (Phi) is 3.50. The third-order valence-electron chi connectivity index (χ3n) is 4.02. The van der Waals surface area contributed by atoms with Crippen molar-refractivity contribution in [1.29, 1.82) is 0 Å². The molecule has 0 bridgehead atoms. The van der Waals surface area contributed by atoms with Gasteiger partial charge in [-0.05, 0) is 41.8 Å². The summed E-state index contributed by atoms with van der Waals surface area (Å²) in [6.07, 6.45) is 0. The van der Waals surface area contributed by atoms with Gasteiger partial charge in [-0.2, -0.15) is 0 Å². The molecule has 1 amide bonds. The fourth-order valence-electron chi connectivity index (χ4n) is 2.85. The van der Waals surface area contributed by atoms with E-state index in [0.29, 0.717) is 17.0 Å². The number of rotatable bonds is 4. The summed E-state index contributed by atoms with van der Waals surface area (Å²) in [5, 5.41) is 1.84. The van der Waals surface area contributed by atoms with Crippen LogP contribution in [-0.2, 0) is 4.79 Å². The number of carbonyl (C=O) groups excluding carboxylic acids is 1. The van der Waals surface area contributed by atoms with Crippen molar-refractivity contribution in [2.24, 2.45) is 5.73 Å². The van der Waals surface area contributed by atoms with E-state index in [1.165, 1.54) is 0 Å². The predicted molar refractivity (Wildman–Crippen MR) is 96.6 cm³/mol. The lowest BCUT2D eigenvalue weighted by Crippen LogP contribution is -2.19. The summed E-state index contributed by atoms with van der Waals surface area (Å²) in [7, 11) is 0. The number of ether oxygens (including phenoxy) is 1. The molecule has 0 saturated carbocycles. The van der Waals surface area contributed by atoms with Crippen molar-refractivity contribution in [2.45, 2.75) is 0 Å². The third kappa shape index (κ3) is 2.85. The molecular formula is C19H15N3O3. The predicted octanol–water partition coefficient (Wildman–Crippen LogP) is 2.54. The topological polar surface area (TPSA) is 101 Å². The number of fused-ring (bicyclic) bond motifs is 2. The van der Waals surface area contributed by atoms with Crippen LogP contribution in [0.2, 0.25) is 0 Å². The minimum Gasteiger partial charge on any atom is -0.484 e. The molecule has 4 aromatic rings. The lowest BCUT2D eigenvalue weighted by Gasteiger charge is -2.02. The van der Waals surface area contributed by atoms with Gasteiger partial charge < -0.3 is 20.4 Å². The molecule has 4 rings (SSSR count). The molecule has 0 radical (unpaired) electrons. The van der Waals surface area contributed by atoms with Crippen molar-refractivity contribution < 1.29 is 9.53 Å². The molecule has 0 aliphatic rings. The zero-order valence-corrected chi connectivity index (χ0v) is 13.2. The minimum absolute atomic E-state index is 0.157. The summed E-state index contributed by atoms with van der Waals surface area (Å²) < 4.78 is 5.32. The largest absolute Gasteiger partial charge is 0.484 e. The van der Waals surface area contributed by atoms with Crippen LogP contribution in [0.25, 0.3) is 33.1 Å². The number of benzene rings is 2. The van der Waals surface area contributed by atoms with E-state index in [4.69, 9.17) is 10.5 Å². The van der Waals surface area contributed by atoms with Gasteiger partial charge in [0.2, 0.25) is 0 Å². The Morgan fingerprint density at radius 1 is 0.960 bits per heavy atom. The molecule has 124 valence electrons. The van der Waals surface area contributed by atoms with Crippen LogP contribution in [0.5, 0.6) is 5.75 Å². The van der Waals surface area contributed by atoms with Gasteiger partial charge in [-0.15, -0.1) is 0 Å². The van der Waals surface area contributed by atoms with Crippen LogP contribution in [0.1, 0.15) is 0 Å². The number of nitrogens with two attached hydrogens (primary N) is 1. The number of para-hydroxylation sites is 1. The fraction of sp³-hybridized carbons (Fsp3) is 0.0526. The first-order valence-electron chi connectivity index (χ1n) is 7.76. The molecule has 4 N–H and O–H groups in total. The highest BCUT2D eigenvalue weighted by Gasteiger charge is 2.10. The van der Waals surface area contributed by atoms with Crippen LogP contribution in [0.3, 0.4) is 0 Å². The zero-order chi connectivity index (χ0) is 17.4. The van der Waals surface area contributed by atoms with Gasteiger partial charge in [0.1, 0.15) is 5.75 Å². The van der Waals surface area contributed by atoms with Gasteiger partial charge in [0.05, 0.1) is 11.3 Å². The summed E-state index contributed by atoms with van der Waals surface area (Å²) in [6, 6.07) is 16.8. The molecule has 0 fully saturated rings. The number of H-pyrrole nitrogens is 2. The average Bonchev–Trinajstić information content (AvgIpc) is 3.02. The Morgan fingerprint density at radius 2 is 1.76 bits per heavy atom. The number of aromatic nitrogens is 2. The maximum Gasteiger partial charge on any atom is 0.257 e. The smallest absolute Gasteiger partial charge is 0.257 e. The van der Waals surface area contributed by atoms with Crippen LogP contribution < -0.4 is 16.0 Å². The molecule has 0 aliphatic heterocycles. The number of pyridine rings is 1. The zero-order valence-electron chi connectivity index (χ0n) is 13.2. The average molecular weight is 333 g/mol. The van der Waals surface area contributed by atoms with Crippen molar-refractivity contribution in [2.75, 3.05) is 6.61 Å². The first-order valence-corrected chi connectivity index (χ1v) is 7.76. The minimum atomic E-state index is -0.530. The van der Waals surface area contributed by atoms with Gasteiger partial charge in [-0.25, -0.2) is 0 Å². The summed E-state index contributed by atoms with van der Waals surface area (Å²) in [5.74, 6) is 0.0156. The summed E-state index contributed by atoms with van der Waals surface area (Å²) in [5.41, 5.74) is 7.88. The lowest BCUT2D eigenvalue weighted by atomic mass is 10.1. The number of amides is 1. The molecule has 0 aliphatic carbocycles. The number of nitrogens with one attached hydrogen (secondary N) is 2. The van der Waals surface area contributed by atoms with E-state index in [-0.39, 0.29) is 12.2 Å². The van der Waals surface area contributed by atoms with Gasteiger partial charge in [-0.3, -0.25) is 9.59 Å². The highest BCUT2D eigenvalue weighted by Crippen LogP contribution is 2.26. The molecule has 0 atom stereocenters. The summed E-state index contributed by atoms with van der Waals surface area (Å²) >= 11 is 0. The van der Waals surface area contributed by atoms with E-state index < -0.39 is 5.91 Å². The maximum absolute atomic E-state index is 12.4. The molecule has 2 aromatic heterocycles. The molecule has 2 heterocycles. The van der Waals surface area contributed by atoms with Crippen molar-refractivity contribution in [3.63, 3.8) is 0 Å². The third-order valence-corrected chi connectivity index (χ3v) is 4.02. The van der Waals surface area contributed by atoms with Gasteiger partial charge in [0.25, 0.3) is 11.5 Å². The molecular weight excluding hydrogens is 318 g/mol. The van der Waals surface area contributed by atoms with E-state index in [1.54, 1.807) is 12.1 Å². The van der Waals surface area contributed by atoms with Crippen LogP contribution in [-0.4, -0.2) is 22.5 Å². The second-order valence-corrected chi connectivity index (χ2v) is 5.79. The second kappa shape index (κ2) is 5.83. The van der Waals surface area contributed by atoms with Crippen molar-refractivity contribution >= 4 is 27.7 Å². The van der Waals surface area contributed by atoms with Crippen LogP contribution >= 0.6 is 0 Å². The first kappa shape index (κ1) is 15.0. The highest BCUT2D eigenvalue weighted by molar-refractivity contribution is 5.89.